The predicted molar refractivity (Wildman–Crippen MR) is 77.2 cm³/mol. The first-order valence-electron chi connectivity index (χ1n) is 7.37. The lowest BCUT2D eigenvalue weighted by atomic mass is 9.68. The number of aryl methyl sites for hydroxylation is 1. The molecule has 1 fully saturated rings. The molecule has 0 saturated heterocycles. The van der Waals surface area contributed by atoms with Crippen molar-refractivity contribution in [3.8, 4) is 0 Å². The fourth-order valence-electron chi connectivity index (χ4n) is 3.66. The normalized spacial score (nSPS) is 21.6. The summed E-state index contributed by atoms with van der Waals surface area (Å²) in [6.07, 6.45) is 7.56. The molecule has 3 nitrogen and oxygen atoms in total. The van der Waals surface area contributed by atoms with E-state index in [1.807, 2.05) is 0 Å². The maximum Gasteiger partial charge on any atom is 0.224 e. The fraction of sp³-hybridized carbons (Fsp3) is 0.562. The molecule has 0 radical (unpaired) electrons. The lowest BCUT2D eigenvalue weighted by molar-refractivity contribution is -0.116. The number of nitrogens with two attached hydrogens (primary N) is 1. The highest BCUT2D eigenvalue weighted by Crippen LogP contribution is 2.43. The largest absolute Gasteiger partial charge is 0.330 e. The van der Waals surface area contributed by atoms with Gasteiger partial charge in [0.2, 0.25) is 5.91 Å². The number of amides is 1. The van der Waals surface area contributed by atoms with Crippen LogP contribution in [-0.2, 0) is 16.6 Å². The minimum Gasteiger partial charge on any atom is -0.330 e. The molecular weight excluding hydrogens is 236 g/mol. The summed E-state index contributed by atoms with van der Waals surface area (Å²) >= 11 is 0. The molecule has 3 N–H and O–H groups in total. The van der Waals surface area contributed by atoms with Crippen LogP contribution in [0.2, 0.25) is 0 Å². The first kappa shape index (κ1) is 12.7. The second-order valence-corrected chi connectivity index (χ2v) is 5.93. The average Bonchev–Trinajstić information content (AvgIpc) is 2.47. The quantitative estimate of drug-likeness (QED) is 0.857. The van der Waals surface area contributed by atoms with Crippen LogP contribution < -0.4 is 11.1 Å². The second kappa shape index (κ2) is 4.97. The zero-order chi connectivity index (χ0) is 13.3. The van der Waals surface area contributed by atoms with Crippen molar-refractivity contribution in [2.75, 3.05) is 11.9 Å². The number of carbonyl (C=O) groups excluding carboxylic acids is 1. The van der Waals surface area contributed by atoms with E-state index in [0.29, 0.717) is 13.0 Å². The summed E-state index contributed by atoms with van der Waals surface area (Å²) in [6, 6.07) is 6.42. The molecule has 0 atom stereocenters. The second-order valence-electron chi connectivity index (χ2n) is 5.93. The number of rotatable bonds is 2. The number of hydrogen-bond donors (Lipinski definition) is 2. The van der Waals surface area contributed by atoms with E-state index in [0.717, 1.165) is 24.9 Å². The number of para-hydroxylation sites is 1. The molecule has 2 aliphatic rings. The lowest BCUT2D eigenvalue weighted by Crippen LogP contribution is -2.38. The SMILES string of the molecule is NCC1(c2cccc3c2NC(=O)CC3)CCCCC1. The number of hydrogen-bond acceptors (Lipinski definition) is 2. The van der Waals surface area contributed by atoms with Crippen LogP contribution in [0, 0.1) is 0 Å². The zero-order valence-corrected chi connectivity index (χ0v) is 11.4. The van der Waals surface area contributed by atoms with Crippen molar-refractivity contribution in [3.63, 3.8) is 0 Å². The van der Waals surface area contributed by atoms with Gasteiger partial charge in [-0.15, -0.1) is 0 Å². The molecule has 1 heterocycles. The van der Waals surface area contributed by atoms with Gasteiger partial charge in [0.15, 0.2) is 0 Å². The van der Waals surface area contributed by atoms with Gasteiger partial charge in [0.05, 0.1) is 0 Å². The highest BCUT2D eigenvalue weighted by atomic mass is 16.1. The molecule has 1 aliphatic carbocycles. The van der Waals surface area contributed by atoms with Gasteiger partial charge in [-0.2, -0.15) is 0 Å². The monoisotopic (exact) mass is 258 g/mol. The molecule has 1 saturated carbocycles. The van der Waals surface area contributed by atoms with Crippen molar-refractivity contribution in [1.82, 2.24) is 0 Å². The van der Waals surface area contributed by atoms with Gasteiger partial charge in [-0.3, -0.25) is 4.79 Å². The van der Waals surface area contributed by atoms with Crippen LogP contribution in [-0.4, -0.2) is 12.5 Å². The van der Waals surface area contributed by atoms with E-state index in [4.69, 9.17) is 5.73 Å². The first-order chi connectivity index (χ1) is 9.25. The summed E-state index contributed by atoms with van der Waals surface area (Å²) in [5.41, 5.74) is 9.82. The van der Waals surface area contributed by atoms with E-state index in [9.17, 15) is 4.79 Å². The van der Waals surface area contributed by atoms with E-state index in [1.54, 1.807) is 0 Å². The van der Waals surface area contributed by atoms with Gasteiger partial charge < -0.3 is 11.1 Å². The van der Waals surface area contributed by atoms with Crippen molar-refractivity contribution in [1.29, 1.82) is 0 Å². The minimum atomic E-state index is 0.0776. The van der Waals surface area contributed by atoms with Gasteiger partial charge in [0.1, 0.15) is 0 Å². The average molecular weight is 258 g/mol. The third kappa shape index (κ3) is 2.16. The fourth-order valence-corrected chi connectivity index (χ4v) is 3.66. The standard InChI is InChI=1S/C16H22N2O/c17-11-16(9-2-1-3-10-16)13-6-4-5-12-7-8-14(19)18-15(12)13/h4-6H,1-3,7-11,17H2,(H,18,19). The Labute approximate surface area is 114 Å². The molecule has 0 spiro atoms. The molecule has 1 aromatic rings. The maximum atomic E-state index is 11.7. The summed E-state index contributed by atoms with van der Waals surface area (Å²) in [6.45, 7) is 0.680. The molecule has 3 heteroatoms. The Balaban J connectivity index is 2.06. The highest BCUT2D eigenvalue weighted by molar-refractivity contribution is 5.95. The Morgan fingerprint density at radius 1 is 1.16 bits per heavy atom. The molecule has 0 unspecified atom stereocenters. The molecule has 0 aromatic heterocycles. The highest BCUT2D eigenvalue weighted by Gasteiger charge is 2.35. The summed E-state index contributed by atoms with van der Waals surface area (Å²) in [4.78, 5) is 11.7. The van der Waals surface area contributed by atoms with E-state index >= 15 is 0 Å². The number of carbonyl (C=O) groups is 1. The summed E-state index contributed by atoms with van der Waals surface area (Å²) in [5.74, 6) is 0.142. The van der Waals surface area contributed by atoms with Gasteiger partial charge in [0, 0.05) is 24.1 Å². The van der Waals surface area contributed by atoms with Gasteiger partial charge >= 0.3 is 0 Å². The Morgan fingerprint density at radius 2 is 1.95 bits per heavy atom. The number of benzene rings is 1. The lowest BCUT2D eigenvalue weighted by Gasteiger charge is -2.39. The van der Waals surface area contributed by atoms with E-state index in [2.05, 4.69) is 23.5 Å². The third-order valence-corrected chi connectivity index (χ3v) is 4.81. The first-order valence-corrected chi connectivity index (χ1v) is 7.37. The van der Waals surface area contributed by atoms with Crippen molar-refractivity contribution in [2.24, 2.45) is 5.73 Å². The van der Waals surface area contributed by atoms with Crippen molar-refractivity contribution >= 4 is 11.6 Å². The van der Waals surface area contributed by atoms with Crippen LogP contribution in [0.4, 0.5) is 5.69 Å². The Kier molecular flexibility index (Phi) is 3.31. The van der Waals surface area contributed by atoms with Crippen LogP contribution in [0.25, 0.3) is 0 Å². The number of fused-ring (bicyclic) bond motifs is 1. The third-order valence-electron chi connectivity index (χ3n) is 4.81. The van der Waals surface area contributed by atoms with Crippen molar-refractivity contribution < 1.29 is 4.79 Å². The predicted octanol–water partition coefficient (Wildman–Crippen LogP) is 2.73. The molecule has 1 aliphatic heterocycles. The summed E-state index contributed by atoms with van der Waals surface area (Å²) in [5, 5.41) is 3.09. The van der Waals surface area contributed by atoms with E-state index < -0.39 is 0 Å². The van der Waals surface area contributed by atoms with Crippen LogP contribution in [0.3, 0.4) is 0 Å². The molecule has 0 bridgehead atoms. The topological polar surface area (TPSA) is 55.1 Å². The van der Waals surface area contributed by atoms with E-state index in [1.165, 1.54) is 30.4 Å². The van der Waals surface area contributed by atoms with Crippen molar-refractivity contribution in [2.45, 2.75) is 50.4 Å². The van der Waals surface area contributed by atoms with Crippen molar-refractivity contribution in [3.05, 3.63) is 29.3 Å². The Bertz CT molecular complexity index is 490. The molecule has 1 aromatic carbocycles. The summed E-state index contributed by atoms with van der Waals surface area (Å²) in [7, 11) is 0. The summed E-state index contributed by atoms with van der Waals surface area (Å²) < 4.78 is 0. The van der Waals surface area contributed by atoms with Crippen LogP contribution in [0.5, 0.6) is 0 Å². The smallest absolute Gasteiger partial charge is 0.224 e. The minimum absolute atomic E-state index is 0.0776. The van der Waals surface area contributed by atoms with Gasteiger partial charge in [-0.25, -0.2) is 0 Å². The Hall–Kier alpha value is -1.35. The zero-order valence-electron chi connectivity index (χ0n) is 11.4. The van der Waals surface area contributed by atoms with E-state index in [-0.39, 0.29) is 11.3 Å². The van der Waals surface area contributed by atoms with Crippen LogP contribution in [0.1, 0.15) is 49.7 Å². The molecular formula is C16H22N2O. The Morgan fingerprint density at radius 3 is 2.68 bits per heavy atom. The molecule has 102 valence electrons. The van der Waals surface area contributed by atoms with Gasteiger partial charge in [-0.1, -0.05) is 37.5 Å². The van der Waals surface area contributed by atoms with Gasteiger partial charge in [-0.05, 0) is 30.4 Å². The number of nitrogens with one attached hydrogen (secondary N) is 1. The van der Waals surface area contributed by atoms with Crippen LogP contribution in [0.15, 0.2) is 18.2 Å². The molecule has 1 amide bonds. The number of anilines is 1. The molecule has 3 rings (SSSR count). The molecule has 19 heavy (non-hydrogen) atoms. The van der Waals surface area contributed by atoms with Crippen LogP contribution >= 0.6 is 0 Å². The van der Waals surface area contributed by atoms with Gasteiger partial charge in [0.25, 0.3) is 0 Å². The maximum absolute atomic E-state index is 11.7.